The zero-order valence-corrected chi connectivity index (χ0v) is 19.7. The lowest BCUT2D eigenvalue weighted by Crippen LogP contribution is -2.54. The van der Waals surface area contributed by atoms with E-state index in [4.69, 9.17) is 21.4 Å². The molecule has 3 fully saturated rings. The summed E-state index contributed by atoms with van der Waals surface area (Å²) in [5, 5.41) is 21.9. The van der Waals surface area contributed by atoms with E-state index in [1.165, 1.54) is 19.3 Å². The molecule has 170 valence electrons. The summed E-state index contributed by atoms with van der Waals surface area (Å²) in [5.41, 5.74) is 2.09. The van der Waals surface area contributed by atoms with Crippen molar-refractivity contribution >= 4 is 11.6 Å². The topological polar surface area (TPSA) is 49.7 Å². The molecule has 4 aliphatic rings. The van der Waals surface area contributed by atoms with Crippen LogP contribution in [0.25, 0.3) is 0 Å². The van der Waals surface area contributed by atoms with Crippen LogP contribution >= 0.6 is 11.6 Å². The molecule has 0 aliphatic heterocycles. The fraction of sp³-hybridized carbons (Fsp3) is 0.704. The molecule has 0 spiro atoms. The largest absolute Gasteiger partial charge is 0.394 e. The third-order valence-electron chi connectivity index (χ3n) is 9.97. The highest BCUT2D eigenvalue weighted by Gasteiger charge is 2.64. The summed E-state index contributed by atoms with van der Waals surface area (Å²) in [6.45, 7) is 5.39. The second-order valence-electron chi connectivity index (χ2n) is 11.1. The van der Waals surface area contributed by atoms with Gasteiger partial charge in [0.05, 0.1) is 24.9 Å². The maximum absolute atomic E-state index is 12.0. The number of rotatable bonds is 4. The molecule has 0 bridgehead atoms. The van der Waals surface area contributed by atoms with Crippen LogP contribution in [0.4, 0.5) is 0 Å². The Labute approximate surface area is 191 Å². The Morgan fingerprint density at radius 2 is 1.74 bits per heavy atom. The van der Waals surface area contributed by atoms with Gasteiger partial charge in [-0.05, 0) is 92.2 Å². The van der Waals surface area contributed by atoms with Gasteiger partial charge in [-0.25, -0.2) is 0 Å². The first-order valence-electron chi connectivity index (χ1n) is 12.2. The molecule has 4 aliphatic carbocycles. The van der Waals surface area contributed by atoms with Gasteiger partial charge in [0.2, 0.25) is 0 Å². The van der Waals surface area contributed by atoms with Crippen LogP contribution in [-0.2, 0) is 10.3 Å². The molecule has 2 N–H and O–H groups in total. The third-order valence-corrected chi connectivity index (χ3v) is 10.2. The van der Waals surface area contributed by atoms with Gasteiger partial charge >= 0.3 is 0 Å². The lowest BCUT2D eigenvalue weighted by Gasteiger charge is -2.59. The number of aliphatic hydroxyl groups excluding tert-OH is 1. The summed E-state index contributed by atoms with van der Waals surface area (Å²) in [6, 6.07) is 7.93. The Kier molecular flexibility index (Phi) is 5.57. The SMILES string of the molecule is C[C@]12CCC(OCCO)C=C1CC[C@@H]1[C@H]2CC[C@@]2(C)[C@H]1CCC2(O)c1ccc(Cl)cc1. The molecule has 3 nitrogen and oxygen atoms in total. The van der Waals surface area contributed by atoms with Crippen molar-refractivity contribution in [1.29, 1.82) is 0 Å². The number of benzene rings is 1. The summed E-state index contributed by atoms with van der Waals surface area (Å²) in [6.07, 6.45) is 11.4. The predicted molar refractivity (Wildman–Crippen MR) is 124 cm³/mol. The van der Waals surface area contributed by atoms with Crippen LogP contribution < -0.4 is 0 Å². The van der Waals surface area contributed by atoms with E-state index in [1.807, 2.05) is 24.3 Å². The quantitative estimate of drug-likeness (QED) is 0.571. The number of fused-ring (bicyclic) bond motifs is 5. The summed E-state index contributed by atoms with van der Waals surface area (Å²) in [7, 11) is 0. The number of hydrogen-bond donors (Lipinski definition) is 2. The molecule has 3 saturated carbocycles. The number of halogens is 1. The average Bonchev–Trinajstić information content (AvgIpc) is 3.04. The lowest BCUT2D eigenvalue weighted by molar-refractivity contribution is -0.133. The molecule has 5 rings (SSSR count). The molecule has 0 saturated heterocycles. The first-order chi connectivity index (χ1) is 14.8. The fourth-order valence-corrected chi connectivity index (χ4v) is 8.37. The summed E-state index contributed by atoms with van der Waals surface area (Å²) < 4.78 is 5.86. The molecule has 0 aromatic heterocycles. The Morgan fingerprint density at radius 1 is 1.00 bits per heavy atom. The van der Waals surface area contributed by atoms with E-state index in [1.54, 1.807) is 5.57 Å². The smallest absolute Gasteiger partial charge is 0.0952 e. The number of aliphatic hydroxyl groups is 2. The van der Waals surface area contributed by atoms with Crippen LogP contribution in [0.2, 0.25) is 5.02 Å². The highest BCUT2D eigenvalue weighted by Crippen LogP contribution is 2.69. The van der Waals surface area contributed by atoms with Crippen LogP contribution in [0.5, 0.6) is 0 Å². The van der Waals surface area contributed by atoms with Crippen LogP contribution in [0.15, 0.2) is 35.9 Å². The van der Waals surface area contributed by atoms with Gasteiger partial charge in [0.15, 0.2) is 0 Å². The van der Waals surface area contributed by atoms with Crippen molar-refractivity contribution < 1.29 is 14.9 Å². The minimum absolute atomic E-state index is 0.0684. The molecule has 1 aromatic rings. The Hall–Kier alpha value is -0.870. The monoisotopic (exact) mass is 444 g/mol. The Balaban J connectivity index is 1.41. The lowest BCUT2D eigenvalue weighted by atomic mass is 9.46. The maximum Gasteiger partial charge on any atom is 0.0952 e. The summed E-state index contributed by atoms with van der Waals surface area (Å²) >= 11 is 6.14. The van der Waals surface area contributed by atoms with Gasteiger partial charge in [0, 0.05) is 10.4 Å². The first-order valence-corrected chi connectivity index (χ1v) is 12.6. The van der Waals surface area contributed by atoms with Gasteiger partial charge in [0.1, 0.15) is 0 Å². The molecular weight excluding hydrogens is 408 g/mol. The zero-order valence-electron chi connectivity index (χ0n) is 18.9. The zero-order chi connectivity index (χ0) is 21.9. The second kappa shape index (κ2) is 7.87. The number of hydrogen-bond acceptors (Lipinski definition) is 3. The van der Waals surface area contributed by atoms with E-state index in [2.05, 4.69) is 19.9 Å². The van der Waals surface area contributed by atoms with Crippen LogP contribution in [-0.4, -0.2) is 29.5 Å². The van der Waals surface area contributed by atoms with Gasteiger partial charge in [-0.3, -0.25) is 0 Å². The molecule has 1 aromatic carbocycles. The van der Waals surface area contributed by atoms with Crippen molar-refractivity contribution in [3.05, 3.63) is 46.5 Å². The van der Waals surface area contributed by atoms with Gasteiger partial charge in [0.25, 0.3) is 0 Å². The van der Waals surface area contributed by atoms with Gasteiger partial charge in [-0.15, -0.1) is 0 Å². The van der Waals surface area contributed by atoms with E-state index in [0.717, 1.165) is 42.7 Å². The van der Waals surface area contributed by atoms with Crippen LogP contribution in [0.1, 0.15) is 70.8 Å². The number of ether oxygens (including phenoxy) is 1. The molecule has 0 amide bonds. The molecule has 0 heterocycles. The van der Waals surface area contributed by atoms with Gasteiger partial charge in [-0.1, -0.05) is 49.2 Å². The molecule has 7 atom stereocenters. The normalized spacial score (nSPS) is 44.2. The molecule has 31 heavy (non-hydrogen) atoms. The van der Waals surface area contributed by atoms with Gasteiger partial charge < -0.3 is 14.9 Å². The molecular formula is C27H37ClO3. The van der Waals surface area contributed by atoms with Crippen molar-refractivity contribution in [3.8, 4) is 0 Å². The third kappa shape index (κ3) is 3.26. The van der Waals surface area contributed by atoms with E-state index in [0.29, 0.717) is 24.4 Å². The van der Waals surface area contributed by atoms with Crippen molar-refractivity contribution in [2.75, 3.05) is 13.2 Å². The fourth-order valence-electron chi connectivity index (χ4n) is 8.25. The predicted octanol–water partition coefficient (Wildman–Crippen LogP) is 5.87. The Morgan fingerprint density at radius 3 is 2.48 bits per heavy atom. The van der Waals surface area contributed by atoms with E-state index in [-0.39, 0.29) is 23.5 Å². The molecule has 4 heteroatoms. The first kappa shape index (κ1) is 21.9. The van der Waals surface area contributed by atoms with Crippen molar-refractivity contribution in [2.24, 2.45) is 28.6 Å². The Bertz CT molecular complexity index is 851. The molecule has 0 radical (unpaired) electrons. The molecule has 2 unspecified atom stereocenters. The standard InChI is InChI=1S/C27H37ClO3/c1-25-12-9-21(31-16-15-29)17-19(25)5-8-22-23(25)10-13-26(2)24(22)11-14-27(26,30)18-3-6-20(28)7-4-18/h3-4,6-7,17,21-24,29-30H,5,8-16H2,1-2H3/t21?,22-,23-,24+,25+,26+,27?/m1/s1. The second-order valence-corrected chi connectivity index (χ2v) is 11.5. The van der Waals surface area contributed by atoms with Crippen molar-refractivity contribution in [3.63, 3.8) is 0 Å². The van der Waals surface area contributed by atoms with Crippen LogP contribution in [0.3, 0.4) is 0 Å². The van der Waals surface area contributed by atoms with E-state index < -0.39 is 5.60 Å². The highest BCUT2D eigenvalue weighted by molar-refractivity contribution is 6.30. The van der Waals surface area contributed by atoms with Gasteiger partial charge in [-0.2, -0.15) is 0 Å². The minimum Gasteiger partial charge on any atom is -0.394 e. The van der Waals surface area contributed by atoms with E-state index >= 15 is 0 Å². The summed E-state index contributed by atoms with van der Waals surface area (Å²) in [4.78, 5) is 0. The number of allylic oxidation sites excluding steroid dienone is 1. The maximum atomic E-state index is 12.0. The van der Waals surface area contributed by atoms with Crippen molar-refractivity contribution in [1.82, 2.24) is 0 Å². The minimum atomic E-state index is -0.750. The van der Waals surface area contributed by atoms with Crippen LogP contribution in [0, 0.1) is 28.6 Å². The van der Waals surface area contributed by atoms with Crippen molar-refractivity contribution in [2.45, 2.75) is 76.9 Å². The van der Waals surface area contributed by atoms with E-state index in [9.17, 15) is 5.11 Å². The summed E-state index contributed by atoms with van der Waals surface area (Å²) in [5.74, 6) is 1.97. The highest BCUT2D eigenvalue weighted by atomic mass is 35.5. The average molecular weight is 445 g/mol.